The monoisotopic (exact) mass is 538 g/mol. The molecule has 9 nitrogen and oxygen atoms in total. The third-order valence-corrected chi connectivity index (χ3v) is 6.44. The van der Waals surface area contributed by atoms with E-state index in [1.165, 1.54) is 0 Å². The number of carbonyl (C=O) groups excluding carboxylic acids is 1. The fourth-order valence-electron chi connectivity index (χ4n) is 3.85. The third kappa shape index (κ3) is 7.21. The van der Waals surface area contributed by atoms with E-state index in [1.54, 1.807) is 30.4 Å². The Bertz CT molecular complexity index is 1350. The van der Waals surface area contributed by atoms with Crippen LogP contribution in [0.4, 0.5) is 0 Å². The number of thiophene rings is 1. The first-order valence-electron chi connectivity index (χ1n) is 11.9. The number of carboxylic acids is 1. The van der Waals surface area contributed by atoms with Crippen LogP contribution >= 0.6 is 11.3 Å². The summed E-state index contributed by atoms with van der Waals surface area (Å²) >= 11 is 1.60. The van der Waals surface area contributed by atoms with E-state index in [0.29, 0.717) is 29.4 Å². The van der Waals surface area contributed by atoms with Gasteiger partial charge in [-0.05, 0) is 72.0 Å². The summed E-state index contributed by atoms with van der Waals surface area (Å²) in [6.07, 6.45) is -0.307. The van der Waals surface area contributed by atoms with Gasteiger partial charge in [0.2, 0.25) is 0 Å². The molecule has 0 bridgehead atoms. The highest BCUT2D eigenvalue weighted by Crippen LogP contribution is 2.37. The molecule has 0 fully saturated rings. The first-order valence-corrected chi connectivity index (χ1v) is 12.8. The molecule has 0 saturated heterocycles. The molecule has 1 atom stereocenters. The van der Waals surface area contributed by atoms with E-state index in [2.05, 4.69) is 10.2 Å². The average molecular weight is 539 g/mol. The van der Waals surface area contributed by atoms with Gasteiger partial charge in [0.15, 0.2) is 0 Å². The Morgan fingerprint density at radius 3 is 2.66 bits per heavy atom. The molecule has 10 heteroatoms. The molecule has 0 amide bonds. The highest BCUT2D eigenvalue weighted by atomic mass is 32.1. The van der Waals surface area contributed by atoms with Gasteiger partial charge in [-0.25, -0.2) is 4.79 Å². The number of aliphatic carboxylic acids is 1. The summed E-state index contributed by atoms with van der Waals surface area (Å²) in [5, 5.41) is 20.4. The smallest absolute Gasteiger partial charge is 0.356 e. The Morgan fingerprint density at radius 2 is 1.95 bits per heavy atom. The van der Waals surface area contributed by atoms with Gasteiger partial charge in [-0.1, -0.05) is 24.3 Å². The van der Waals surface area contributed by atoms with Gasteiger partial charge in [0.25, 0.3) is 0 Å². The number of hydrogen-bond donors (Lipinski definition) is 2. The number of nitrogens with one attached hydrogen (secondary N) is 1. The number of benzene rings is 2. The van der Waals surface area contributed by atoms with Crippen molar-refractivity contribution in [2.24, 2.45) is 0 Å². The highest BCUT2D eigenvalue weighted by Gasteiger charge is 2.22. The zero-order valence-electron chi connectivity index (χ0n) is 21.1. The quantitative estimate of drug-likeness (QED) is 0.231. The predicted molar refractivity (Wildman–Crippen MR) is 144 cm³/mol. The Balaban J connectivity index is 0.00000400. The number of ether oxygens (including phenoxy) is 3. The number of carbonyl (C=O) groups is 2. The van der Waals surface area contributed by atoms with E-state index >= 15 is 0 Å². The van der Waals surface area contributed by atoms with Crippen LogP contribution in [0.3, 0.4) is 0 Å². The number of esters is 1. The lowest BCUT2D eigenvalue weighted by Crippen LogP contribution is -2.12. The Labute approximate surface area is 224 Å². The summed E-state index contributed by atoms with van der Waals surface area (Å²) < 4.78 is 17.6. The van der Waals surface area contributed by atoms with Crippen LogP contribution in [0, 0.1) is 6.92 Å². The number of H-pyrrole nitrogens is 1. The maximum atomic E-state index is 12.2. The van der Waals surface area contributed by atoms with Gasteiger partial charge < -0.3 is 24.8 Å². The zero-order valence-corrected chi connectivity index (χ0v) is 21.9. The fourth-order valence-corrected chi connectivity index (χ4v) is 4.50. The summed E-state index contributed by atoms with van der Waals surface area (Å²) in [6, 6.07) is 16.7. The van der Waals surface area contributed by atoms with Crippen LogP contribution in [0.15, 0.2) is 65.4 Å². The summed E-state index contributed by atoms with van der Waals surface area (Å²) in [5.41, 5.74) is 4.29. The Hall–Kier alpha value is -4.15. The van der Waals surface area contributed by atoms with Gasteiger partial charge in [0, 0.05) is 18.1 Å². The zero-order chi connectivity index (χ0) is 26.2. The van der Waals surface area contributed by atoms with Crippen LogP contribution in [-0.4, -0.2) is 39.3 Å². The van der Waals surface area contributed by atoms with E-state index in [1.807, 2.05) is 60.1 Å². The van der Waals surface area contributed by atoms with Gasteiger partial charge >= 0.3 is 11.9 Å². The molecule has 4 N–H and O–H groups in total. The molecule has 0 saturated carbocycles. The van der Waals surface area contributed by atoms with Crippen molar-refractivity contribution >= 4 is 23.3 Å². The molecule has 2 aromatic carbocycles. The van der Waals surface area contributed by atoms with E-state index < -0.39 is 18.0 Å². The van der Waals surface area contributed by atoms with E-state index in [-0.39, 0.29) is 30.6 Å². The van der Waals surface area contributed by atoms with Gasteiger partial charge in [-0.2, -0.15) is 16.4 Å². The maximum absolute atomic E-state index is 12.2. The number of aryl methyl sites for hydroxylation is 1. The van der Waals surface area contributed by atoms with E-state index in [9.17, 15) is 14.7 Å². The molecule has 0 aliphatic heterocycles. The molecule has 2 aromatic heterocycles. The van der Waals surface area contributed by atoms with Crippen LogP contribution in [0.5, 0.6) is 11.5 Å². The lowest BCUT2D eigenvalue weighted by Gasteiger charge is -2.23. The van der Waals surface area contributed by atoms with Gasteiger partial charge in [-0.3, -0.25) is 9.89 Å². The van der Waals surface area contributed by atoms with Crippen molar-refractivity contribution in [3.63, 3.8) is 0 Å². The lowest BCUT2D eigenvalue weighted by atomic mass is 9.99. The third-order valence-electron chi connectivity index (χ3n) is 5.71. The second-order valence-electron chi connectivity index (χ2n) is 8.36. The SMILES string of the molecule is CCOC(=O)c1cc(-c2ccc(OCc3ccsc3)cc2OC(CCC(=O)O)c2ccccc2C)n[nH]1.O. The number of nitrogens with zero attached hydrogens (tertiary/aromatic N) is 1. The molecule has 4 aromatic rings. The predicted octanol–water partition coefficient (Wildman–Crippen LogP) is 5.36. The second kappa shape index (κ2) is 13.4. The van der Waals surface area contributed by atoms with Crippen LogP contribution in [0.2, 0.25) is 0 Å². The minimum atomic E-state index is -0.901. The number of carboxylic acid groups (broad SMARTS) is 1. The number of hydrogen-bond acceptors (Lipinski definition) is 7. The Kier molecular flexibility index (Phi) is 10.0. The molecular formula is C28H30N2O7S. The van der Waals surface area contributed by atoms with Crippen molar-refractivity contribution in [2.75, 3.05) is 6.61 Å². The fraction of sp³-hybridized carbons (Fsp3) is 0.250. The van der Waals surface area contributed by atoms with E-state index in [0.717, 1.165) is 16.7 Å². The Morgan fingerprint density at radius 1 is 1.13 bits per heavy atom. The first kappa shape index (κ1) is 28.4. The number of aromatic amines is 1. The summed E-state index contributed by atoms with van der Waals surface area (Å²) in [5.74, 6) is -0.350. The van der Waals surface area contributed by atoms with E-state index in [4.69, 9.17) is 14.2 Å². The lowest BCUT2D eigenvalue weighted by molar-refractivity contribution is -0.137. The van der Waals surface area contributed by atoms with Gasteiger partial charge in [0.05, 0.1) is 12.3 Å². The van der Waals surface area contributed by atoms with Crippen molar-refractivity contribution in [3.8, 4) is 22.8 Å². The van der Waals surface area contributed by atoms with Gasteiger partial charge in [-0.15, -0.1) is 0 Å². The summed E-state index contributed by atoms with van der Waals surface area (Å²) in [4.78, 5) is 23.6. The molecule has 0 aliphatic carbocycles. The van der Waals surface area contributed by atoms with Crippen molar-refractivity contribution in [2.45, 2.75) is 39.4 Å². The molecular weight excluding hydrogens is 508 g/mol. The van der Waals surface area contributed by atoms with Gasteiger partial charge in [0.1, 0.15) is 29.9 Å². The second-order valence-corrected chi connectivity index (χ2v) is 9.14. The first-order chi connectivity index (χ1) is 17.9. The van der Waals surface area contributed by atoms with Crippen LogP contribution < -0.4 is 9.47 Å². The van der Waals surface area contributed by atoms with Crippen molar-refractivity contribution in [3.05, 3.63) is 87.7 Å². The van der Waals surface area contributed by atoms with Crippen LogP contribution in [0.1, 0.15) is 53.0 Å². The molecule has 4 rings (SSSR count). The maximum Gasteiger partial charge on any atom is 0.356 e. The molecule has 2 heterocycles. The topological polar surface area (TPSA) is 142 Å². The van der Waals surface area contributed by atoms with Crippen molar-refractivity contribution < 1.29 is 34.4 Å². The minimum absolute atomic E-state index is 0. The van der Waals surface area contributed by atoms with Crippen molar-refractivity contribution in [1.29, 1.82) is 0 Å². The number of aromatic nitrogens is 2. The summed E-state index contributed by atoms with van der Waals surface area (Å²) in [6.45, 7) is 4.35. The highest BCUT2D eigenvalue weighted by molar-refractivity contribution is 7.07. The molecule has 200 valence electrons. The average Bonchev–Trinajstić information content (AvgIpc) is 3.59. The molecule has 0 radical (unpaired) electrons. The molecule has 38 heavy (non-hydrogen) atoms. The summed E-state index contributed by atoms with van der Waals surface area (Å²) in [7, 11) is 0. The van der Waals surface area contributed by atoms with Crippen LogP contribution in [-0.2, 0) is 16.1 Å². The number of rotatable bonds is 12. The normalized spacial score (nSPS) is 11.3. The minimum Gasteiger partial charge on any atom is -0.489 e. The molecule has 1 unspecified atom stereocenters. The largest absolute Gasteiger partial charge is 0.489 e. The van der Waals surface area contributed by atoms with Crippen LogP contribution in [0.25, 0.3) is 11.3 Å². The van der Waals surface area contributed by atoms with Crippen molar-refractivity contribution in [1.82, 2.24) is 10.2 Å². The standard InChI is InChI=1S/C28H28N2O6S.H2O/c1-3-34-28(33)24-15-23(29-30-24)22-9-8-20(35-16-19-12-13-37-17-19)14-26(22)36-25(10-11-27(31)32)21-7-5-4-6-18(21)2;/h4-9,12-15,17,25H,3,10-11,16H2,1-2H3,(H,29,30)(H,31,32);1H2. The molecule has 0 aliphatic rings. The molecule has 0 spiro atoms.